The molecule has 1 fully saturated rings. The van der Waals surface area contributed by atoms with Gasteiger partial charge >= 0.3 is 5.97 Å². The topological polar surface area (TPSA) is 79.5 Å². The number of benzene rings is 1. The van der Waals surface area contributed by atoms with E-state index in [0.717, 1.165) is 37.7 Å². The molecule has 6 heteroatoms. The molecule has 3 rings (SSSR count). The van der Waals surface area contributed by atoms with Gasteiger partial charge in [-0.2, -0.15) is 0 Å². The second-order valence-electron chi connectivity index (χ2n) is 6.70. The lowest BCUT2D eigenvalue weighted by atomic mass is 9.79. The molecular formula is C20H22FNO4. The van der Waals surface area contributed by atoms with E-state index in [-0.39, 0.29) is 18.3 Å². The number of furan rings is 1. The number of carbonyl (C=O) groups excluding carboxylic acids is 1. The Kier molecular flexibility index (Phi) is 5.71. The molecule has 0 radical (unpaired) electrons. The summed E-state index contributed by atoms with van der Waals surface area (Å²) in [6.07, 6.45) is 4.60. The summed E-state index contributed by atoms with van der Waals surface area (Å²) < 4.78 is 18.6. The van der Waals surface area contributed by atoms with E-state index in [2.05, 4.69) is 5.32 Å². The number of nitrogens with one attached hydrogen (secondary N) is 1. The first-order valence-corrected chi connectivity index (χ1v) is 8.90. The van der Waals surface area contributed by atoms with Gasteiger partial charge in [0.15, 0.2) is 0 Å². The SMILES string of the molecule is O=C(O)[C@H](C(=O)NCc1ccc(-c2ccc(F)cc2)o1)C1CCCCC1. The molecule has 5 nitrogen and oxygen atoms in total. The fourth-order valence-electron chi connectivity index (χ4n) is 3.52. The van der Waals surface area contributed by atoms with Crippen LogP contribution in [-0.4, -0.2) is 17.0 Å². The number of carboxylic acids is 1. The Morgan fingerprint density at radius 2 is 1.81 bits per heavy atom. The maximum Gasteiger partial charge on any atom is 0.316 e. The maximum absolute atomic E-state index is 13.0. The molecule has 1 saturated carbocycles. The predicted octanol–water partition coefficient (Wildman–Crippen LogP) is 3.98. The van der Waals surface area contributed by atoms with Crippen LogP contribution in [0.3, 0.4) is 0 Å². The minimum absolute atomic E-state index is 0.104. The summed E-state index contributed by atoms with van der Waals surface area (Å²) in [4.78, 5) is 23.9. The molecule has 2 N–H and O–H groups in total. The monoisotopic (exact) mass is 359 g/mol. The summed E-state index contributed by atoms with van der Waals surface area (Å²) in [5.41, 5.74) is 0.731. The second kappa shape index (κ2) is 8.17. The highest BCUT2D eigenvalue weighted by atomic mass is 19.1. The first-order valence-electron chi connectivity index (χ1n) is 8.90. The van der Waals surface area contributed by atoms with E-state index < -0.39 is 17.8 Å². The third kappa shape index (κ3) is 4.31. The molecule has 1 aliphatic carbocycles. The van der Waals surface area contributed by atoms with E-state index >= 15 is 0 Å². The van der Waals surface area contributed by atoms with E-state index in [4.69, 9.17) is 4.42 Å². The van der Waals surface area contributed by atoms with Crippen LogP contribution in [0, 0.1) is 17.7 Å². The summed E-state index contributed by atoms with van der Waals surface area (Å²) >= 11 is 0. The van der Waals surface area contributed by atoms with Gasteiger partial charge in [0.1, 0.15) is 23.3 Å². The van der Waals surface area contributed by atoms with E-state index in [1.54, 1.807) is 24.3 Å². The predicted molar refractivity (Wildman–Crippen MR) is 93.6 cm³/mol. The first kappa shape index (κ1) is 18.2. The highest BCUT2D eigenvalue weighted by Gasteiger charge is 2.35. The van der Waals surface area contributed by atoms with Crippen molar-refractivity contribution in [3.8, 4) is 11.3 Å². The molecule has 138 valence electrons. The molecule has 1 heterocycles. The van der Waals surface area contributed by atoms with Gasteiger partial charge in [-0.25, -0.2) is 4.39 Å². The smallest absolute Gasteiger partial charge is 0.316 e. The molecular weight excluding hydrogens is 337 g/mol. The van der Waals surface area contributed by atoms with E-state index in [9.17, 15) is 19.1 Å². The number of halogens is 1. The molecule has 1 atom stereocenters. The van der Waals surface area contributed by atoms with Crippen LogP contribution >= 0.6 is 0 Å². The molecule has 0 unspecified atom stereocenters. The fraction of sp³-hybridized carbons (Fsp3) is 0.400. The molecule has 1 aliphatic rings. The number of rotatable bonds is 6. The average molecular weight is 359 g/mol. The molecule has 2 aromatic rings. The van der Waals surface area contributed by atoms with Crippen LogP contribution < -0.4 is 5.32 Å². The number of aliphatic carboxylic acids is 1. The van der Waals surface area contributed by atoms with Crippen molar-refractivity contribution in [1.82, 2.24) is 5.32 Å². The van der Waals surface area contributed by atoms with Crippen LogP contribution in [0.1, 0.15) is 37.9 Å². The fourth-order valence-corrected chi connectivity index (χ4v) is 3.52. The third-order valence-corrected chi connectivity index (χ3v) is 4.90. The summed E-state index contributed by atoms with van der Waals surface area (Å²) in [7, 11) is 0. The van der Waals surface area contributed by atoms with Gasteiger partial charge in [0.2, 0.25) is 5.91 Å². The summed E-state index contributed by atoms with van der Waals surface area (Å²) in [5.74, 6) is -1.89. The van der Waals surface area contributed by atoms with Crippen molar-refractivity contribution in [3.63, 3.8) is 0 Å². The maximum atomic E-state index is 13.0. The van der Waals surface area contributed by atoms with Gasteiger partial charge in [-0.3, -0.25) is 9.59 Å². The molecule has 26 heavy (non-hydrogen) atoms. The zero-order valence-corrected chi connectivity index (χ0v) is 14.4. The van der Waals surface area contributed by atoms with Gasteiger partial charge in [0.05, 0.1) is 6.54 Å². The molecule has 0 saturated heterocycles. The van der Waals surface area contributed by atoms with Crippen molar-refractivity contribution in [3.05, 3.63) is 48.0 Å². The van der Waals surface area contributed by atoms with Gasteiger partial charge in [-0.15, -0.1) is 0 Å². The van der Waals surface area contributed by atoms with E-state index in [0.29, 0.717) is 11.5 Å². The van der Waals surface area contributed by atoms with Crippen LogP contribution in [0.4, 0.5) is 4.39 Å². The molecule has 0 bridgehead atoms. The Balaban J connectivity index is 1.61. The van der Waals surface area contributed by atoms with Crippen LogP contribution in [0.2, 0.25) is 0 Å². The van der Waals surface area contributed by atoms with E-state index in [1.165, 1.54) is 12.1 Å². The Labute approximate surface area is 151 Å². The zero-order valence-electron chi connectivity index (χ0n) is 14.4. The number of carboxylic acid groups (broad SMARTS) is 1. The molecule has 1 aromatic heterocycles. The van der Waals surface area contributed by atoms with Crippen molar-refractivity contribution in [2.45, 2.75) is 38.6 Å². The summed E-state index contributed by atoms with van der Waals surface area (Å²) in [6, 6.07) is 9.38. The molecule has 1 aromatic carbocycles. The second-order valence-corrected chi connectivity index (χ2v) is 6.70. The summed E-state index contributed by atoms with van der Waals surface area (Å²) in [5, 5.41) is 12.1. The van der Waals surface area contributed by atoms with Gasteiger partial charge in [-0.05, 0) is 55.2 Å². The van der Waals surface area contributed by atoms with Crippen LogP contribution in [0.15, 0.2) is 40.8 Å². The van der Waals surface area contributed by atoms with Crippen LogP contribution in [0.25, 0.3) is 11.3 Å². The zero-order chi connectivity index (χ0) is 18.5. The highest BCUT2D eigenvalue weighted by molar-refractivity contribution is 5.97. The van der Waals surface area contributed by atoms with Gasteiger partial charge in [-0.1, -0.05) is 19.3 Å². The number of hydrogen-bond donors (Lipinski definition) is 2. The largest absolute Gasteiger partial charge is 0.481 e. The van der Waals surface area contributed by atoms with Crippen molar-refractivity contribution in [1.29, 1.82) is 0 Å². The van der Waals surface area contributed by atoms with Crippen molar-refractivity contribution in [2.24, 2.45) is 11.8 Å². The first-order chi connectivity index (χ1) is 12.5. The minimum atomic E-state index is -1.07. The normalized spacial score (nSPS) is 16.2. The molecule has 0 spiro atoms. The van der Waals surface area contributed by atoms with Crippen molar-refractivity contribution < 1.29 is 23.5 Å². The molecule has 0 aliphatic heterocycles. The average Bonchev–Trinajstić information content (AvgIpc) is 3.10. The van der Waals surface area contributed by atoms with Crippen molar-refractivity contribution >= 4 is 11.9 Å². The van der Waals surface area contributed by atoms with Crippen LogP contribution in [0.5, 0.6) is 0 Å². The van der Waals surface area contributed by atoms with Gasteiger partial charge in [0, 0.05) is 5.56 Å². The van der Waals surface area contributed by atoms with Crippen LogP contribution in [-0.2, 0) is 16.1 Å². The lowest BCUT2D eigenvalue weighted by Crippen LogP contribution is -2.40. The lowest BCUT2D eigenvalue weighted by molar-refractivity contribution is -0.150. The summed E-state index contributed by atoms with van der Waals surface area (Å²) in [6.45, 7) is 0.122. The Morgan fingerprint density at radius 1 is 1.12 bits per heavy atom. The van der Waals surface area contributed by atoms with Crippen molar-refractivity contribution in [2.75, 3.05) is 0 Å². The lowest BCUT2D eigenvalue weighted by Gasteiger charge is -2.26. The standard InChI is InChI=1S/C20H22FNO4/c21-15-8-6-13(7-9-15)17-11-10-16(26-17)12-22-19(23)18(20(24)25)14-4-2-1-3-5-14/h6-11,14,18H,1-5,12H2,(H,22,23)(H,24,25)/t18-/m0/s1. The number of hydrogen-bond acceptors (Lipinski definition) is 3. The molecule has 1 amide bonds. The van der Waals surface area contributed by atoms with Gasteiger partial charge < -0.3 is 14.8 Å². The Bertz CT molecular complexity index is 762. The quantitative estimate of drug-likeness (QED) is 0.765. The Hall–Kier alpha value is -2.63. The number of amides is 1. The highest BCUT2D eigenvalue weighted by Crippen LogP contribution is 2.30. The Morgan fingerprint density at radius 3 is 2.46 bits per heavy atom. The minimum Gasteiger partial charge on any atom is -0.481 e. The van der Waals surface area contributed by atoms with Gasteiger partial charge in [0.25, 0.3) is 0 Å². The number of carbonyl (C=O) groups is 2. The third-order valence-electron chi connectivity index (χ3n) is 4.90. The van der Waals surface area contributed by atoms with E-state index in [1.807, 2.05) is 0 Å².